The molecule has 0 saturated heterocycles. The molecule has 0 aliphatic carbocycles. The van der Waals surface area contributed by atoms with Gasteiger partial charge >= 0.3 is 0 Å². The standard InChI is InChI=1S/C12H11NO5/c1-18-8-4-2-7(11(15)12(16)17)6-3-5-9(14)13-10(6)8/h2-5,12,16-17H,1H3,(H,13,14). The van der Waals surface area contributed by atoms with Crippen molar-refractivity contribution in [2.24, 2.45) is 0 Å². The van der Waals surface area contributed by atoms with Crippen molar-refractivity contribution in [3.05, 3.63) is 40.2 Å². The quantitative estimate of drug-likeness (QED) is 0.526. The summed E-state index contributed by atoms with van der Waals surface area (Å²) < 4.78 is 5.07. The SMILES string of the molecule is COc1ccc(C(=O)C(O)O)c2ccc(=O)[nH]c12. The second kappa shape index (κ2) is 4.59. The molecule has 94 valence electrons. The number of hydrogen-bond acceptors (Lipinski definition) is 5. The van der Waals surface area contributed by atoms with E-state index in [2.05, 4.69) is 4.98 Å². The molecule has 1 aromatic heterocycles. The minimum atomic E-state index is -2.09. The Bertz CT molecular complexity index is 659. The summed E-state index contributed by atoms with van der Waals surface area (Å²) in [5, 5.41) is 18.2. The van der Waals surface area contributed by atoms with Crippen LogP contribution in [0.5, 0.6) is 5.75 Å². The number of carbonyl (C=O) groups is 1. The molecule has 0 bridgehead atoms. The monoisotopic (exact) mass is 249 g/mol. The summed E-state index contributed by atoms with van der Waals surface area (Å²) in [6.45, 7) is 0. The van der Waals surface area contributed by atoms with Crippen molar-refractivity contribution in [1.82, 2.24) is 4.98 Å². The van der Waals surface area contributed by atoms with Crippen LogP contribution >= 0.6 is 0 Å². The van der Waals surface area contributed by atoms with E-state index in [4.69, 9.17) is 14.9 Å². The zero-order chi connectivity index (χ0) is 13.3. The van der Waals surface area contributed by atoms with Crippen molar-refractivity contribution in [1.29, 1.82) is 0 Å². The number of methoxy groups -OCH3 is 1. The van der Waals surface area contributed by atoms with Gasteiger partial charge < -0.3 is 19.9 Å². The van der Waals surface area contributed by atoms with Crippen LogP contribution in [-0.2, 0) is 0 Å². The maximum Gasteiger partial charge on any atom is 0.248 e. The van der Waals surface area contributed by atoms with Crippen LogP contribution in [0.25, 0.3) is 10.9 Å². The van der Waals surface area contributed by atoms with E-state index in [1.807, 2.05) is 0 Å². The van der Waals surface area contributed by atoms with E-state index >= 15 is 0 Å². The minimum Gasteiger partial charge on any atom is -0.495 e. The van der Waals surface area contributed by atoms with Crippen LogP contribution in [0.1, 0.15) is 10.4 Å². The topological polar surface area (TPSA) is 99.6 Å². The third-order valence-corrected chi connectivity index (χ3v) is 2.58. The van der Waals surface area contributed by atoms with Crippen LogP contribution < -0.4 is 10.3 Å². The molecule has 0 spiro atoms. The first kappa shape index (κ1) is 12.3. The average Bonchev–Trinajstić information content (AvgIpc) is 2.36. The fourth-order valence-corrected chi connectivity index (χ4v) is 1.75. The Hall–Kier alpha value is -2.18. The summed E-state index contributed by atoms with van der Waals surface area (Å²) in [5.41, 5.74) is 0.114. The van der Waals surface area contributed by atoms with Gasteiger partial charge in [-0.25, -0.2) is 0 Å². The van der Waals surface area contributed by atoms with Crippen molar-refractivity contribution in [3.63, 3.8) is 0 Å². The van der Waals surface area contributed by atoms with Gasteiger partial charge in [-0.15, -0.1) is 0 Å². The van der Waals surface area contributed by atoms with Gasteiger partial charge in [0.1, 0.15) is 5.75 Å². The Balaban J connectivity index is 2.78. The molecule has 3 N–H and O–H groups in total. The molecule has 0 atom stereocenters. The molecule has 1 heterocycles. The van der Waals surface area contributed by atoms with Crippen molar-refractivity contribution in [2.45, 2.75) is 6.29 Å². The second-order valence-electron chi connectivity index (χ2n) is 3.66. The minimum absolute atomic E-state index is 0.108. The molecule has 6 heteroatoms. The first-order chi connectivity index (χ1) is 8.54. The molecule has 0 unspecified atom stereocenters. The summed E-state index contributed by atoms with van der Waals surface area (Å²) in [5.74, 6) is -0.443. The summed E-state index contributed by atoms with van der Waals surface area (Å²) in [7, 11) is 1.43. The highest BCUT2D eigenvalue weighted by molar-refractivity contribution is 6.09. The average molecular weight is 249 g/mol. The second-order valence-corrected chi connectivity index (χ2v) is 3.66. The number of nitrogens with one attached hydrogen (secondary N) is 1. The lowest BCUT2D eigenvalue weighted by Gasteiger charge is -2.10. The van der Waals surface area contributed by atoms with Gasteiger partial charge in [0.05, 0.1) is 12.6 Å². The zero-order valence-electron chi connectivity index (χ0n) is 9.51. The smallest absolute Gasteiger partial charge is 0.248 e. The number of aliphatic hydroxyl groups excluding tert-OH is 1. The predicted octanol–water partition coefficient (Wildman–Crippen LogP) is 0.0301. The van der Waals surface area contributed by atoms with Crippen molar-refractivity contribution < 1.29 is 19.7 Å². The first-order valence-electron chi connectivity index (χ1n) is 5.15. The Morgan fingerprint density at radius 1 is 1.28 bits per heavy atom. The van der Waals surface area contributed by atoms with Gasteiger partial charge in [-0.2, -0.15) is 0 Å². The Kier molecular flexibility index (Phi) is 3.14. The zero-order valence-corrected chi connectivity index (χ0v) is 9.51. The number of pyridine rings is 1. The lowest BCUT2D eigenvalue weighted by atomic mass is 10.0. The molecule has 18 heavy (non-hydrogen) atoms. The Morgan fingerprint density at radius 3 is 2.61 bits per heavy atom. The number of aromatic amines is 1. The predicted molar refractivity (Wildman–Crippen MR) is 63.7 cm³/mol. The molecular formula is C12H11NO5. The fourth-order valence-electron chi connectivity index (χ4n) is 1.75. The van der Waals surface area contributed by atoms with Gasteiger partial charge in [0.25, 0.3) is 0 Å². The highest BCUT2D eigenvalue weighted by Crippen LogP contribution is 2.26. The Labute approximate surface area is 101 Å². The molecular weight excluding hydrogens is 238 g/mol. The van der Waals surface area contributed by atoms with Gasteiger partial charge in [-0.3, -0.25) is 9.59 Å². The number of rotatable bonds is 3. The highest BCUT2D eigenvalue weighted by atomic mass is 16.5. The van der Waals surface area contributed by atoms with Crippen molar-refractivity contribution in [3.8, 4) is 5.75 Å². The summed E-state index contributed by atoms with van der Waals surface area (Å²) in [4.78, 5) is 25.4. The van der Waals surface area contributed by atoms with Crippen LogP contribution in [0.4, 0.5) is 0 Å². The number of fused-ring (bicyclic) bond motifs is 1. The van der Waals surface area contributed by atoms with E-state index < -0.39 is 12.1 Å². The van der Waals surface area contributed by atoms with E-state index in [1.54, 1.807) is 0 Å². The van der Waals surface area contributed by atoms with Gasteiger partial charge in [0.2, 0.25) is 17.6 Å². The number of benzene rings is 1. The molecule has 0 radical (unpaired) electrons. The largest absolute Gasteiger partial charge is 0.495 e. The maximum absolute atomic E-state index is 11.6. The van der Waals surface area contributed by atoms with Crippen molar-refractivity contribution >= 4 is 16.7 Å². The van der Waals surface area contributed by atoms with E-state index in [-0.39, 0.29) is 11.1 Å². The maximum atomic E-state index is 11.6. The van der Waals surface area contributed by atoms with E-state index in [0.717, 1.165) is 0 Å². The van der Waals surface area contributed by atoms with Crippen LogP contribution in [-0.4, -0.2) is 34.4 Å². The molecule has 2 aromatic rings. The third-order valence-electron chi connectivity index (χ3n) is 2.58. The Morgan fingerprint density at radius 2 is 2.00 bits per heavy atom. The molecule has 0 aliphatic rings. The summed E-state index contributed by atoms with van der Waals surface area (Å²) >= 11 is 0. The summed E-state index contributed by atoms with van der Waals surface area (Å²) in [6, 6.07) is 5.59. The van der Waals surface area contributed by atoms with Crippen LogP contribution in [0.15, 0.2) is 29.1 Å². The number of Topliss-reactive ketones (excluding diaryl/α,β-unsaturated/α-hetero) is 1. The number of aliphatic hydroxyl groups is 2. The number of ketones is 1. The number of aromatic nitrogens is 1. The van der Waals surface area contributed by atoms with Gasteiger partial charge in [-0.05, 0) is 18.2 Å². The highest BCUT2D eigenvalue weighted by Gasteiger charge is 2.18. The molecule has 0 saturated carbocycles. The normalized spacial score (nSPS) is 10.9. The van der Waals surface area contributed by atoms with Crippen LogP contribution in [0, 0.1) is 0 Å². The molecule has 0 fully saturated rings. The van der Waals surface area contributed by atoms with E-state index in [9.17, 15) is 9.59 Å². The molecule has 0 aliphatic heterocycles. The molecule has 1 aromatic carbocycles. The number of carbonyl (C=O) groups excluding carboxylic acids is 1. The fraction of sp³-hybridized carbons (Fsp3) is 0.167. The number of H-pyrrole nitrogens is 1. The summed E-state index contributed by atoms with van der Waals surface area (Å²) in [6.07, 6.45) is -2.09. The van der Waals surface area contributed by atoms with Crippen molar-refractivity contribution in [2.75, 3.05) is 7.11 Å². The van der Waals surface area contributed by atoms with Gasteiger partial charge in [0.15, 0.2) is 0 Å². The van der Waals surface area contributed by atoms with E-state index in [1.165, 1.54) is 31.4 Å². The molecule has 2 rings (SSSR count). The third kappa shape index (κ3) is 1.99. The first-order valence-corrected chi connectivity index (χ1v) is 5.15. The van der Waals surface area contributed by atoms with Gasteiger partial charge in [-0.1, -0.05) is 0 Å². The van der Waals surface area contributed by atoms with Crippen LogP contribution in [0.3, 0.4) is 0 Å². The molecule has 0 amide bonds. The van der Waals surface area contributed by atoms with E-state index in [0.29, 0.717) is 16.7 Å². The van der Waals surface area contributed by atoms with Gasteiger partial charge in [0, 0.05) is 17.0 Å². The molecule has 6 nitrogen and oxygen atoms in total. The lowest BCUT2D eigenvalue weighted by molar-refractivity contribution is -0.0194. The number of hydrogen-bond donors (Lipinski definition) is 3. The lowest BCUT2D eigenvalue weighted by Crippen LogP contribution is -2.20. The van der Waals surface area contributed by atoms with Crippen LogP contribution in [0.2, 0.25) is 0 Å². The number of ether oxygens (including phenoxy) is 1.